The molecule has 0 bridgehead atoms. The predicted octanol–water partition coefficient (Wildman–Crippen LogP) is 1.13. The molecule has 5 nitrogen and oxygen atoms in total. The molecule has 104 valence electrons. The molecule has 1 heterocycles. The Morgan fingerprint density at radius 2 is 2.28 bits per heavy atom. The Labute approximate surface area is 110 Å². The Hall–Kier alpha value is -0.910. The van der Waals surface area contributed by atoms with E-state index in [2.05, 4.69) is 47.1 Å². The molecule has 1 atom stereocenters. The lowest BCUT2D eigenvalue weighted by molar-refractivity contribution is 0.188. The molecule has 5 heteroatoms. The maximum Gasteiger partial charge on any atom is 0.0620 e. The van der Waals surface area contributed by atoms with Crippen LogP contribution in [0, 0.1) is 0 Å². The normalized spacial score (nSPS) is 13.2. The first kappa shape index (κ1) is 15.1. The molecule has 0 amide bonds. The molecule has 1 aromatic rings. The summed E-state index contributed by atoms with van der Waals surface area (Å²) < 4.78 is 7.17. The molecule has 0 aliphatic heterocycles. The number of nitrogens with zero attached hydrogens (tertiary/aromatic N) is 3. The van der Waals surface area contributed by atoms with Gasteiger partial charge in [-0.1, -0.05) is 6.92 Å². The SMILES string of the molecule is CCNC(CN(C)C)c1ccnn1CCCOC. The van der Waals surface area contributed by atoms with E-state index in [1.165, 1.54) is 5.69 Å². The summed E-state index contributed by atoms with van der Waals surface area (Å²) in [4.78, 5) is 2.19. The highest BCUT2D eigenvalue weighted by molar-refractivity contribution is 5.07. The van der Waals surface area contributed by atoms with Gasteiger partial charge in [-0.25, -0.2) is 0 Å². The number of rotatable bonds is 9. The molecular weight excluding hydrogens is 228 g/mol. The predicted molar refractivity (Wildman–Crippen MR) is 73.7 cm³/mol. The highest BCUT2D eigenvalue weighted by Gasteiger charge is 2.15. The van der Waals surface area contributed by atoms with Crippen molar-refractivity contribution in [3.05, 3.63) is 18.0 Å². The third-order valence-corrected chi connectivity index (χ3v) is 2.82. The van der Waals surface area contributed by atoms with E-state index in [4.69, 9.17) is 4.74 Å². The number of ether oxygens (including phenoxy) is 1. The lowest BCUT2D eigenvalue weighted by atomic mass is 10.2. The summed E-state index contributed by atoms with van der Waals surface area (Å²) in [7, 11) is 5.92. The van der Waals surface area contributed by atoms with Crippen LogP contribution in [-0.2, 0) is 11.3 Å². The highest BCUT2D eigenvalue weighted by Crippen LogP contribution is 2.13. The largest absolute Gasteiger partial charge is 0.385 e. The van der Waals surface area contributed by atoms with Gasteiger partial charge in [-0.15, -0.1) is 0 Å². The average molecular weight is 254 g/mol. The van der Waals surface area contributed by atoms with Gasteiger partial charge in [-0.2, -0.15) is 5.10 Å². The van der Waals surface area contributed by atoms with Crippen molar-refractivity contribution in [2.24, 2.45) is 0 Å². The zero-order valence-corrected chi connectivity index (χ0v) is 12.0. The number of aryl methyl sites for hydroxylation is 1. The second kappa shape index (κ2) is 8.24. The quantitative estimate of drug-likeness (QED) is 0.671. The summed E-state index contributed by atoms with van der Waals surface area (Å²) in [5.74, 6) is 0. The minimum absolute atomic E-state index is 0.329. The highest BCUT2D eigenvalue weighted by atomic mass is 16.5. The van der Waals surface area contributed by atoms with Crippen molar-refractivity contribution in [2.45, 2.75) is 25.9 Å². The topological polar surface area (TPSA) is 42.3 Å². The van der Waals surface area contributed by atoms with E-state index >= 15 is 0 Å². The van der Waals surface area contributed by atoms with Gasteiger partial charge in [0.2, 0.25) is 0 Å². The van der Waals surface area contributed by atoms with Crippen LogP contribution in [0.5, 0.6) is 0 Å². The van der Waals surface area contributed by atoms with Gasteiger partial charge in [0.15, 0.2) is 0 Å². The molecule has 0 aliphatic rings. The second-order valence-corrected chi connectivity index (χ2v) is 4.70. The first-order chi connectivity index (χ1) is 8.69. The number of methoxy groups -OCH3 is 1. The standard InChI is InChI=1S/C13H26N4O/c1-5-14-12(11-16(2)3)13-7-8-15-17(13)9-6-10-18-4/h7-8,12,14H,5-6,9-11H2,1-4H3. The number of likely N-dealkylation sites (N-methyl/N-ethyl adjacent to an activating group) is 2. The van der Waals surface area contributed by atoms with E-state index in [1.54, 1.807) is 7.11 Å². The van der Waals surface area contributed by atoms with Crippen LogP contribution in [0.2, 0.25) is 0 Å². The molecule has 0 aromatic carbocycles. The summed E-state index contributed by atoms with van der Waals surface area (Å²) in [6.07, 6.45) is 2.87. The summed E-state index contributed by atoms with van der Waals surface area (Å²) in [5, 5.41) is 7.91. The molecule has 1 N–H and O–H groups in total. The Morgan fingerprint density at radius 1 is 1.50 bits per heavy atom. The maximum absolute atomic E-state index is 5.09. The first-order valence-electron chi connectivity index (χ1n) is 6.57. The zero-order chi connectivity index (χ0) is 13.4. The van der Waals surface area contributed by atoms with Crippen molar-refractivity contribution in [1.82, 2.24) is 20.0 Å². The molecule has 0 aliphatic carbocycles. The van der Waals surface area contributed by atoms with Crippen LogP contribution in [0.15, 0.2) is 12.3 Å². The summed E-state index contributed by atoms with van der Waals surface area (Å²) in [5.41, 5.74) is 1.25. The van der Waals surface area contributed by atoms with Gasteiger partial charge >= 0.3 is 0 Å². The van der Waals surface area contributed by atoms with Crippen molar-refractivity contribution in [1.29, 1.82) is 0 Å². The van der Waals surface area contributed by atoms with Crippen LogP contribution in [0.3, 0.4) is 0 Å². The van der Waals surface area contributed by atoms with Crippen molar-refractivity contribution < 1.29 is 4.74 Å². The van der Waals surface area contributed by atoms with Crippen LogP contribution >= 0.6 is 0 Å². The monoisotopic (exact) mass is 254 g/mol. The average Bonchev–Trinajstić information content (AvgIpc) is 2.76. The fourth-order valence-electron chi connectivity index (χ4n) is 2.06. The third-order valence-electron chi connectivity index (χ3n) is 2.82. The fraction of sp³-hybridized carbons (Fsp3) is 0.769. The molecule has 1 rings (SSSR count). The lowest BCUT2D eigenvalue weighted by Crippen LogP contribution is -2.32. The summed E-state index contributed by atoms with van der Waals surface area (Å²) >= 11 is 0. The Kier molecular flexibility index (Phi) is 6.93. The summed E-state index contributed by atoms with van der Waals surface area (Å²) in [6, 6.07) is 2.43. The second-order valence-electron chi connectivity index (χ2n) is 4.70. The molecule has 0 spiro atoms. The Balaban J connectivity index is 2.68. The first-order valence-corrected chi connectivity index (χ1v) is 6.57. The molecule has 1 aromatic heterocycles. The number of aromatic nitrogens is 2. The zero-order valence-electron chi connectivity index (χ0n) is 12.0. The molecular formula is C13H26N4O. The number of hydrogen-bond acceptors (Lipinski definition) is 4. The molecule has 0 fully saturated rings. The third kappa shape index (κ3) is 4.76. The lowest BCUT2D eigenvalue weighted by Gasteiger charge is -2.23. The number of hydrogen-bond donors (Lipinski definition) is 1. The maximum atomic E-state index is 5.09. The van der Waals surface area contributed by atoms with Crippen LogP contribution < -0.4 is 5.32 Å². The Bertz CT molecular complexity index is 325. The minimum atomic E-state index is 0.329. The van der Waals surface area contributed by atoms with Crippen molar-refractivity contribution >= 4 is 0 Å². The van der Waals surface area contributed by atoms with E-state index in [0.29, 0.717) is 6.04 Å². The van der Waals surface area contributed by atoms with Crippen molar-refractivity contribution in [3.63, 3.8) is 0 Å². The van der Waals surface area contributed by atoms with Gasteiger partial charge in [0, 0.05) is 33.0 Å². The number of nitrogens with one attached hydrogen (secondary N) is 1. The minimum Gasteiger partial charge on any atom is -0.385 e. The van der Waals surface area contributed by atoms with Crippen molar-refractivity contribution in [2.75, 3.05) is 40.9 Å². The van der Waals surface area contributed by atoms with Gasteiger partial charge in [0.25, 0.3) is 0 Å². The summed E-state index contributed by atoms with van der Waals surface area (Å²) in [6.45, 7) is 5.75. The van der Waals surface area contributed by atoms with Crippen LogP contribution in [0.1, 0.15) is 25.1 Å². The smallest absolute Gasteiger partial charge is 0.0620 e. The van der Waals surface area contributed by atoms with E-state index in [0.717, 1.165) is 32.7 Å². The van der Waals surface area contributed by atoms with Gasteiger partial charge in [0.05, 0.1) is 11.7 Å². The van der Waals surface area contributed by atoms with E-state index in [9.17, 15) is 0 Å². The molecule has 18 heavy (non-hydrogen) atoms. The van der Waals surface area contributed by atoms with Crippen LogP contribution in [0.25, 0.3) is 0 Å². The fourth-order valence-corrected chi connectivity index (χ4v) is 2.06. The molecule has 0 radical (unpaired) electrons. The van der Waals surface area contributed by atoms with Gasteiger partial charge < -0.3 is 15.0 Å². The van der Waals surface area contributed by atoms with Gasteiger partial charge in [-0.3, -0.25) is 4.68 Å². The molecule has 0 saturated carbocycles. The molecule has 1 unspecified atom stereocenters. The van der Waals surface area contributed by atoms with Crippen molar-refractivity contribution in [3.8, 4) is 0 Å². The Morgan fingerprint density at radius 3 is 2.89 bits per heavy atom. The van der Waals surface area contributed by atoms with Gasteiger partial charge in [0.1, 0.15) is 0 Å². The van der Waals surface area contributed by atoms with E-state index in [-0.39, 0.29) is 0 Å². The molecule has 0 saturated heterocycles. The van der Waals surface area contributed by atoms with Crippen LogP contribution in [0.4, 0.5) is 0 Å². The van der Waals surface area contributed by atoms with Crippen LogP contribution in [-0.4, -0.2) is 55.6 Å². The van der Waals surface area contributed by atoms with Gasteiger partial charge in [-0.05, 0) is 33.1 Å². The van der Waals surface area contributed by atoms with E-state index in [1.807, 2.05) is 6.20 Å². The van der Waals surface area contributed by atoms with E-state index < -0.39 is 0 Å².